The number of pyridine rings is 1. The molecule has 7 nitrogen and oxygen atoms in total. The van der Waals surface area contributed by atoms with E-state index in [4.69, 9.17) is 4.74 Å². The number of carbonyl (C=O) groups is 2. The van der Waals surface area contributed by atoms with E-state index >= 15 is 0 Å². The highest BCUT2D eigenvalue weighted by Gasteiger charge is 2.27. The van der Waals surface area contributed by atoms with Crippen molar-refractivity contribution in [1.82, 2.24) is 9.88 Å². The number of piperazine rings is 1. The van der Waals surface area contributed by atoms with Gasteiger partial charge in [0.15, 0.2) is 0 Å². The van der Waals surface area contributed by atoms with E-state index in [1.54, 1.807) is 29.4 Å². The van der Waals surface area contributed by atoms with Crippen molar-refractivity contribution in [2.24, 2.45) is 0 Å². The Morgan fingerprint density at radius 1 is 1.10 bits per heavy atom. The summed E-state index contributed by atoms with van der Waals surface area (Å²) in [7, 11) is 0. The molecule has 2 aromatic rings. The third-order valence-electron chi connectivity index (χ3n) is 5.13. The summed E-state index contributed by atoms with van der Waals surface area (Å²) in [6, 6.07) is 9.62. The molecule has 0 spiro atoms. The number of anilines is 2. The molecule has 1 saturated heterocycles. The van der Waals surface area contributed by atoms with Crippen LogP contribution in [0, 0.1) is 0 Å². The highest BCUT2D eigenvalue weighted by Crippen LogP contribution is 2.31. The minimum Gasteiger partial charge on any atom is -0.444 e. The minimum atomic E-state index is -0.510. The third kappa shape index (κ3) is 5.96. The minimum absolute atomic E-state index is 0.195. The van der Waals surface area contributed by atoms with E-state index in [-0.39, 0.29) is 12.0 Å². The number of rotatable bonds is 4. The van der Waals surface area contributed by atoms with E-state index in [2.05, 4.69) is 35.1 Å². The van der Waals surface area contributed by atoms with Crippen molar-refractivity contribution in [2.75, 3.05) is 36.4 Å². The van der Waals surface area contributed by atoms with Gasteiger partial charge in [0.2, 0.25) is 0 Å². The van der Waals surface area contributed by atoms with Gasteiger partial charge in [-0.25, -0.2) is 4.79 Å². The maximum Gasteiger partial charge on any atom is 0.410 e. The third-order valence-corrected chi connectivity index (χ3v) is 5.13. The molecule has 1 aromatic carbocycles. The van der Waals surface area contributed by atoms with Crippen LogP contribution in [-0.2, 0) is 4.74 Å². The van der Waals surface area contributed by atoms with Crippen molar-refractivity contribution in [2.45, 2.75) is 46.1 Å². The molecule has 1 aromatic heterocycles. The van der Waals surface area contributed by atoms with Crippen molar-refractivity contribution in [3.05, 3.63) is 53.9 Å². The van der Waals surface area contributed by atoms with E-state index in [9.17, 15) is 9.59 Å². The number of ether oxygens (including phenoxy) is 1. The quantitative estimate of drug-likeness (QED) is 0.781. The normalized spacial score (nSPS) is 14.5. The fraction of sp³-hybridized carbons (Fsp3) is 0.458. The van der Waals surface area contributed by atoms with Gasteiger partial charge < -0.3 is 19.9 Å². The van der Waals surface area contributed by atoms with Gasteiger partial charge in [0.05, 0.1) is 16.9 Å². The monoisotopic (exact) mass is 424 g/mol. The molecule has 1 aliphatic heterocycles. The lowest BCUT2D eigenvalue weighted by Crippen LogP contribution is -2.50. The lowest BCUT2D eigenvalue weighted by molar-refractivity contribution is 0.0240. The van der Waals surface area contributed by atoms with Crippen LogP contribution in [0.4, 0.5) is 16.2 Å². The van der Waals surface area contributed by atoms with Gasteiger partial charge in [0, 0.05) is 38.6 Å². The van der Waals surface area contributed by atoms with Crippen LogP contribution >= 0.6 is 0 Å². The first-order valence-electron chi connectivity index (χ1n) is 10.7. The summed E-state index contributed by atoms with van der Waals surface area (Å²) in [4.78, 5) is 33.1. The van der Waals surface area contributed by atoms with Gasteiger partial charge in [-0.2, -0.15) is 0 Å². The van der Waals surface area contributed by atoms with Crippen molar-refractivity contribution in [1.29, 1.82) is 0 Å². The molecule has 0 saturated carbocycles. The summed E-state index contributed by atoms with van der Waals surface area (Å²) in [5.74, 6) is 0.170. The molecule has 0 unspecified atom stereocenters. The Kier molecular flexibility index (Phi) is 6.83. The van der Waals surface area contributed by atoms with Crippen LogP contribution in [-0.4, -0.2) is 53.7 Å². The number of hydrogen-bond donors (Lipinski definition) is 1. The Labute approximate surface area is 184 Å². The number of amides is 2. The lowest BCUT2D eigenvalue weighted by atomic mass is 10.0. The fourth-order valence-corrected chi connectivity index (χ4v) is 3.42. The molecular formula is C24H32N4O3. The standard InChI is InChI=1S/C24H32N4O3/c1-17(2)18-8-9-20(26-22(29)19-7-6-10-25-16-19)21(15-18)27-11-13-28(14-12-27)23(30)31-24(3,4)5/h6-10,15-17H,11-14H2,1-5H3,(H,26,29). The van der Waals surface area contributed by atoms with Crippen molar-refractivity contribution < 1.29 is 14.3 Å². The van der Waals surface area contributed by atoms with Crippen molar-refractivity contribution >= 4 is 23.4 Å². The van der Waals surface area contributed by atoms with Gasteiger partial charge in [-0.05, 0) is 56.5 Å². The number of benzene rings is 1. The average Bonchev–Trinajstić information content (AvgIpc) is 2.73. The molecule has 2 heterocycles. The van der Waals surface area contributed by atoms with Crippen molar-refractivity contribution in [3.8, 4) is 0 Å². The van der Waals surface area contributed by atoms with Crippen LogP contribution in [0.5, 0.6) is 0 Å². The van der Waals surface area contributed by atoms with E-state index in [0.717, 1.165) is 11.4 Å². The van der Waals surface area contributed by atoms with Gasteiger partial charge in [-0.3, -0.25) is 9.78 Å². The number of aromatic nitrogens is 1. The first-order chi connectivity index (χ1) is 14.6. The van der Waals surface area contributed by atoms with Crippen LogP contribution in [0.15, 0.2) is 42.7 Å². The van der Waals surface area contributed by atoms with Gasteiger partial charge in [0.25, 0.3) is 5.91 Å². The Balaban J connectivity index is 1.77. The molecule has 166 valence electrons. The summed E-state index contributed by atoms with van der Waals surface area (Å²) in [6.07, 6.45) is 2.91. The van der Waals surface area contributed by atoms with E-state index in [1.807, 2.05) is 32.9 Å². The van der Waals surface area contributed by atoms with Gasteiger partial charge in [0.1, 0.15) is 5.60 Å². The molecule has 1 aliphatic rings. The molecule has 1 fully saturated rings. The molecule has 0 radical (unpaired) electrons. The molecule has 3 rings (SSSR count). The van der Waals surface area contributed by atoms with Crippen LogP contribution in [0.2, 0.25) is 0 Å². The Hall–Kier alpha value is -3.09. The van der Waals surface area contributed by atoms with Gasteiger partial charge >= 0.3 is 6.09 Å². The van der Waals surface area contributed by atoms with E-state index in [0.29, 0.717) is 37.7 Å². The largest absolute Gasteiger partial charge is 0.444 e. The maximum absolute atomic E-state index is 12.7. The summed E-state index contributed by atoms with van der Waals surface area (Å²) < 4.78 is 5.50. The SMILES string of the molecule is CC(C)c1ccc(NC(=O)c2cccnc2)c(N2CCN(C(=O)OC(C)(C)C)CC2)c1. The Bertz CT molecular complexity index is 914. The maximum atomic E-state index is 12.7. The summed E-state index contributed by atoms with van der Waals surface area (Å²) in [5, 5.41) is 3.03. The number of carbonyl (C=O) groups excluding carboxylic acids is 2. The molecule has 0 aliphatic carbocycles. The number of nitrogens with zero attached hydrogens (tertiary/aromatic N) is 3. The topological polar surface area (TPSA) is 74.8 Å². The molecular weight excluding hydrogens is 392 g/mol. The fourth-order valence-electron chi connectivity index (χ4n) is 3.42. The second kappa shape index (κ2) is 9.37. The first-order valence-corrected chi connectivity index (χ1v) is 10.7. The zero-order valence-electron chi connectivity index (χ0n) is 19.0. The molecule has 1 N–H and O–H groups in total. The van der Waals surface area contributed by atoms with Gasteiger partial charge in [-0.15, -0.1) is 0 Å². The highest BCUT2D eigenvalue weighted by molar-refractivity contribution is 6.05. The Morgan fingerprint density at radius 3 is 2.39 bits per heavy atom. The Morgan fingerprint density at radius 2 is 1.81 bits per heavy atom. The summed E-state index contributed by atoms with van der Waals surface area (Å²) in [5.41, 5.74) is 2.92. The highest BCUT2D eigenvalue weighted by atomic mass is 16.6. The lowest BCUT2D eigenvalue weighted by Gasteiger charge is -2.37. The zero-order chi connectivity index (χ0) is 22.6. The van der Waals surface area contributed by atoms with Crippen LogP contribution in [0.1, 0.15) is 56.5 Å². The zero-order valence-corrected chi connectivity index (χ0v) is 19.0. The van der Waals surface area contributed by atoms with E-state index in [1.165, 1.54) is 5.56 Å². The van der Waals surface area contributed by atoms with Crippen LogP contribution in [0.25, 0.3) is 0 Å². The summed E-state index contributed by atoms with van der Waals surface area (Å²) in [6.45, 7) is 12.4. The molecule has 7 heteroatoms. The smallest absolute Gasteiger partial charge is 0.410 e. The second-order valence-corrected chi connectivity index (χ2v) is 9.08. The molecule has 0 atom stereocenters. The van der Waals surface area contributed by atoms with E-state index < -0.39 is 5.60 Å². The molecule has 2 amide bonds. The number of nitrogens with one attached hydrogen (secondary N) is 1. The second-order valence-electron chi connectivity index (χ2n) is 9.08. The molecule has 31 heavy (non-hydrogen) atoms. The predicted molar refractivity (Wildman–Crippen MR) is 123 cm³/mol. The van der Waals surface area contributed by atoms with Crippen LogP contribution < -0.4 is 10.2 Å². The van der Waals surface area contributed by atoms with Crippen molar-refractivity contribution in [3.63, 3.8) is 0 Å². The predicted octanol–water partition coefficient (Wildman–Crippen LogP) is 4.51. The molecule has 0 bridgehead atoms. The van der Waals surface area contributed by atoms with Crippen LogP contribution in [0.3, 0.4) is 0 Å². The first kappa shape index (κ1) is 22.6. The summed E-state index contributed by atoms with van der Waals surface area (Å²) >= 11 is 0. The average molecular weight is 425 g/mol. The van der Waals surface area contributed by atoms with Gasteiger partial charge in [-0.1, -0.05) is 19.9 Å². The number of hydrogen-bond acceptors (Lipinski definition) is 5.